The molecule has 0 N–H and O–H groups in total. The average Bonchev–Trinajstić information content (AvgIpc) is 2.79. The van der Waals surface area contributed by atoms with Crippen LogP contribution in [0.1, 0.15) is 23.2 Å². The highest BCUT2D eigenvalue weighted by atomic mass is 16.7. The Balaban J connectivity index is 2.32. The standard InChI is InChI=1S/C11H7N5O6/c12-14-13-8-5-6(16(20)21)1-2-7(8)11(19)22-15-9(17)3-4-10(15)18/h1-2,5H,3-4H2. The summed E-state index contributed by atoms with van der Waals surface area (Å²) in [7, 11) is 0. The Kier molecular flexibility index (Phi) is 4.00. The number of hydrogen-bond acceptors (Lipinski definition) is 7. The van der Waals surface area contributed by atoms with Gasteiger partial charge in [-0.05, 0) is 11.6 Å². The molecular formula is C11H7N5O6. The van der Waals surface area contributed by atoms with E-state index in [0.29, 0.717) is 5.06 Å². The zero-order chi connectivity index (χ0) is 16.3. The van der Waals surface area contributed by atoms with Crippen molar-refractivity contribution in [3.63, 3.8) is 0 Å². The van der Waals surface area contributed by atoms with E-state index >= 15 is 0 Å². The van der Waals surface area contributed by atoms with E-state index in [2.05, 4.69) is 14.9 Å². The summed E-state index contributed by atoms with van der Waals surface area (Å²) in [5, 5.41) is 14.2. The second-order valence-corrected chi connectivity index (χ2v) is 4.11. The number of imide groups is 1. The Bertz CT molecular complexity index is 722. The molecule has 1 heterocycles. The minimum Gasteiger partial charge on any atom is -0.325 e. The van der Waals surface area contributed by atoms with E-state index in [-0.39, 0.29) is 24.1 Å². The van der Waals surface area contributed by atoms with E-state index in [9.17, 15) is 24.5 Å². The van der Waals surface area contributed by atoms with Crippen molar-refractivity contribution in [3.8, 4) is 0 Å². The maximum atomic E-state index is 11.9. The molecule has 0 aromatic heterocycles. The molecular weight excluding hydrogens is 298 g/mol. The fourth-order valence-corrected chi connectivity index (χ4v) is 1.73. The number of nitrogens with zero attached hydrogens (tertiary/aromatic N) is 5. The Hall–Kier alpha value is -3.46. The number of azide groups is 1. The van der Waals surface area contributed by atoms with Crippen molar-refractivity contribution in [2.45, 2.75) is 12.8 Å². The van der Waals surface area contributed by atoms with Crippen molar-refractivity contribution in [1.29, 1.82) is 0 Å². The molecule has 11 heteroatoms. The number of amides is 2. The molecule has 0 spiro atoms. The lowest BCUT2D eigenvalue weighted by molar-refractivity contribution is -0.384. The summed E-state index contributed by atoms with van der Waals surface area (Å²) in [6, 6.07) is 2.89. The van der Waals surface area contributed by atoms with Crippen molar-refractivity contribution in [1.82, 2.24) is 5.06 Å². The molecule has 1 saturated heterocycles. The van der Waals surface area contributed by atoms with Gasteiger partial charge in [0.1, 0.15) is 0 Å². The lowest BCUT2D eigenvalue weighted by atomic mass is 10.1. The monoisotopic (exact) mass is 305 g/mol. The minimum absolute atomic E-state index is 0.0738. The molecule has 1 aromatic rings. The quantitative estimate of drug-likeness (QED) is 0.206. The van der Waals surface area contributed by atoms with Gasteiger partial charge in [-0.3, -0.25) is 19.7 Å². The third kappa shape index (κ3) is 2.83. The third-order valence-corrected chi connectivity index (χ3v) is 2.74. The number of nitro groups is 1. The summed E-state index contributed by atoms with van der Waals surface area (Å²) in [5.74, 6) is -2.49. The summed E-state index contributed by atoms with van der Waals surface area (Å²) < 4.78 is 0. The van der Waals surface area contributed by atoms with Crippen molar-refractivity contribution < 1.29 is 24.1 Å². The molecule has 112 valence electrons. The molecule has 2 amide bonds. The number of hydrogen-bond donors (Lipinski definition) is 0. The smallest absolute Gasteiger partial charge is 0.325 e. The SMILES string of the molecule is [N-]=[N+]=Nc1cc([N+](=O)[O-])ccc1C(=O)ON1C(=O)CCC1=O. The van der Waals surface area contributed by atoms with E-state index in [0.717, 1.165) is 18.2 Å². The molecule has 1 fully saturated rings. The lowest BCUT2D eigenvalue weighted by Crippen LogP contribution is -2.32. The molecule has 0 saturated carbocycles. The molecule has 2 rings (SSSR count). The molecule has 1 aliphatic heterocycles. The number of nitro benzene ring substituents is 1. The molecule has 0 radical (unpaired) electrons. The molecule has 1 aromatic carbocycles. The van der Waals surface area contributed by atoms with Gasteiger partial charge in [0, 0.05) is 29.9 Å². The molecule has 0 bridgehead atoms. The van der Waals surface area contributed by atoms with Crippen LogP contribution in [-0.2, 0) is 14.4 Å². The number of carbonyl (C=O) groups is 3. The van der Waals surface area contributed by atoms with Gasteiger partial charge < -0.3 is 4.84 Å². The van der Waals surface area contributed by atoms with E-state index in [4.69, 9.17) is 5.53 Å². The van der Waals surface area contributed by atoms with Gasteiger partial charge in [-0.2, -0.15) is 0 Å². The third-order valence-electron chi connectivity index (χ3n) is 2.74. The number of carbonyl (C=O) groups excluding carboxylic acids is 3. The first-order valence-corrected chi connectivity index (χ1v) is 5.85. The highest BCUT2D eigenvalue weighted by molar-refractivity contribution is 6.03. The lowest BCUT2D eigenvalue weighted by Gasteiger charge is -2.13. The van der Waals surface area contributed by atoms with Gasteiger partial charge in [0.15, 0.2) is 0 Å². The van der Waals surface area contributed by atoms with Crippen LogP contribution in [0.3, 0.4) is 0 Å². The van der Waals surface area contributed by atoms with Gasteiger partial charge in [-0.15, -0.1) is 5.06 Å². The van der Waals surface area contributed by atoms with Crippen molar-refractivity contribution in [2.75, 3.05) is 0 Å². The predicted molar refractivity (Wildman–Crippen MR) is 68.4 cm³/mol. The maximum absolute atomic E-state index is 11.9. The summed E-state index contributed by atoms with van der Waals surface area (Å²) >= 11 is 0. The Morgan fingerprint density at radius 2 is 2.00 bits per heavy atom. The first-order chi connectivity index (χ1) is 10.4. The number of benzene rings is 1. The molecule has 0 unspecified atom stereocenters. The summed E-state index contributed by atoms with van der Waals surface area (Å²) in [5.41, 5.74) is 7.39. The Morgan fingerprint density at radius 3 is 2.55 bits per heavy atom. The molecule has 0 atom stereocenters. The fourth-order valence-electron chi connectivity index (χ4n) is 1.73. The normalized spacial score (nSPS) is 13.7. The Labute approximate surface area is 121 Å². The molecule has 1 aliphatic rings. The van der Waals surface area contributed by atoms with Crippen LogP contribution < -0.4 is 0 Å². The second kappa shape index (κ2) is 5.89. The summed E-state index contributed by atoms with van der Waals surface area (Å²) in [6.45, 7) is 0. The van der Waals surface area contributed by atoms with Crippen molar-refractivity contribution in [3.05, 3.63) is 44.3 Å². The van der Waals surface area contributed by atoms with Gasteiger partial charge in [0.2, 0.25) is 0 Å². The van der Waals surface area contributed by atoms with Crippen LogP contribution in [0.25, 0.3) is 10.4 Å². The Morgan fingerprint density at radius 1 is 1.36 bits per heavy atom. The maximum Gasteiger partial charge on any atom is 0.364 e. The molecule has 22 heavy (non-hydrogen) atoms. The van der Waals surface area contributed by atoms with Crippen LogP contribution in [0.5, 0.6) is 0 Å². The molecule has 0 aliphatic carbocycles. The average molecular weight is 305 g/mol. The van der Waals surface area contributed by atoms with Gasteiger partial charge in [-0.25, -0.2) is 4.79 Å². The van der Waals surface area contributed by atoms with E-state index in [1.807, 2.05) is 0 Å². The van der Waals surface area contributed by atoms with Crippen LogP contribution in [0, 0.1) is 10.1 Å². The van der Waals surface area contributed by atoms with E-state index < -0.39 is 28.4 Å². The largest absolute Gasteiger partial charge is 0.364 e. The number of hydroxylamine groups is 2. The van der Waals surface area contributed by atoms with Crippen LogP contribution in [0.15, 0.2) is 23.3 Å². The topological polar surface area (TPSA) is 156 Å². The highest BCUT2D eigenvalue weighted by Crippen LogP contribution is 2.27. The van der Waals surface area contributed by atoms with Crippen LogP contribution in [-0.4, -0.2) is 27.8 Å². The number of non-ortho nitro benzene ring substituents is 1. The van der Waals surface area contributed by atoms with Crippen LogP contribution in [0.4, 0.5) is 11.4 Å². The van der Waals surface area contributed by atoms with Gasteiger partial charge in [0.05, 0.1) is 16.2 Å². The van der Waals surface area contributed by atoms with Gasteiger partial charge in [0.25, 0.3) is 17.5 Å². The number of rotatable bonds is 4. The van der Waals surface area contributed by atoms with Crippen molar-refractivity contribution >= 4 is 29.2 Å². The first-order valence-electron chi connectivity index (χ1n) is 5.85. The van der Waals surface area contributed by atoms with E-state index in [1.165, 1.54) is 0 Å². The highest BCUT2D eigenvalue weighted by Gasteiger charge is 2.33. The zero-order valence-electron chi connectivity index (χ0n) is 10.8. The van der Waals surface area contributed by atoms with Gasteiger partial charge in [-0.1, -0.05) is 5.11 Å². The minimum atomic E-state index is -1.14. The summed E-state index contributed by atoms with van der Waals surface area (Å²) in [6.07, 6.45) is -0.148. The predicted octanol–water partition coefficient (Wildman–Crippen LogP) is 1.76. The van der Waals surface area contributed by atoms with Crippen LogP contribution >= 0.6 is 0 Å². The summed E-state index contributed by atoms with van der Waals surface area (Å²) in [4.78, 5) is 51.7. The second-order valence-electron chi connectivity index (χ2n) is 4.11. The van der Waals surface area contributed by atoms with Crippen molar-refractivity contribution in [2.24, 2.45) is 5.11 Å². The van der Waals surface area contributed by atoms with Gasteiger partial charge >= 0.3 is 5.97 Å². The van der Waals surface area contributed by atoms with Crippen LogP contribution in [0.2, 0.25) is 0 Å². The fraction of sp³-hybridized carbons (Fsp3) is 0.182. The molecule has 11 nitrogen and oxygen atoms in total. The van der Waals surface area contributed by atoms with E-state index in [1.54, 1.807) is 0 Å². The first kappa shape index (κ1) is 14.9. The zero-order valence-corrected chi connectivity index (χ0v) is 10.8.